The molecule has 1 aromatic carbocycles. The number of halogens is 4. The van der Waals surface area contributed by atoms with Crippen molar-refractivity contribution in [2.75, 3.05) is 31.5 Å². The van der Waals surface area contributed by atoms with Crippen molar-refractivity contribution in [2.45, 2.75) is 39.2 Å². The van der Waals surface area contributed by atoms with Crippen LogP contribution in [0.4, 0.5) is 32.2 Å². The summed E-state index contributed by atoms with van der Waals surface area (Å²) in [6, 6.07) is 0.583. The Hall–Kier alpha value is -2.93. The molecule has 1 aromatic heterocycles. The molecule has 4 N–H and O–H groups in total. The van der Waals surface area contributed by atoms with Crippen molar-refractivity contribution >= 4 is 26.9 Å². The van der Waals surface area contributed by atoms with Gasteiger partial charge in [-0.3, -0.25) is 5.32 Å². The first-order valence-electron chi connectivity index (χ1n) is 10.7. The molecule has 0 radical (unpaired) electrons. The van der Waals surface area contributed by atoms with E-state index in [9.17, 15) is 27.2 Å². The highest BCUT2D eigenvalue weighted by Gasteiger charge is 2.30. The number of nitrogens with two attached hydrogens (primary N) is 1. The minimum Gasteiger partial charge on any atom is -0.469 e. The molecule has 1 fully saturated rings. The molecule has 1 atom stereocenters. The second kappa shape index (κ2) is 11.5. The lowest BCUT2D eigenvalue weighted by Crippen LogP contribution is -2.30. The molecule has 3 amide bonds. The lowest BCUT2D eigenvalue weighted by molar-refractivity contribution is 0.251. The van der Waals surface area contributed by atoms with E-state index in [1.54, 1.807) is 0 Å². The Balaban J connectivity index is 1.57. The molecule has 1 aliphatic rings. The van der Waals surface area contributed by atoms with Crippen molar-refractivity contribution < 1.29 is 31.9 Å². The quantitative estimate of drug-likeness (QED) is 0.195. The number of hydrogen-bond acceptors (Lipinski definition) is 5. The number of aromatic nitrogens is 1. The average Bonchev–Trinajstić information content (AvgIpc) is 3.46. The van der Waals surface area contributed by atoms with Gasteiger partial charge in [-0.1, -0.05) is 0 Å². The van der Waals surface area contributed by atoms with Crippen molar-refractivity contribution in [1.82, 2.24) is 14.6 Å². The summed E-state index contributed by atoms with van der Waals surface area (Å²) < 4.78 is 64.6. The number of hydrogen-bond donors (Lipinski definition) is 3. The van der Waals surface area contributed by atoms with E-state index in [-0.39, 0.29) is 10.9 Å². The fourth-order valence-corrected chi connectivity index (χ4v) is 4.62. The molecule has 0 aliphatic carbocycles. The molecule has 8 nitrogen and oxygen atoms in total. The molecular weight excluding hydrogens is 478 g/mol. The number of likely N-dealkylation sites (tertiary alicyclic amines) is 1. The van der Waals surface area contributed by atoms with Gasteiger partial charge in [-0.2, -0.15) is 0 Å². The van der Waals surface area contributed by atoms with E-state index < -0.39 is 62.9 Å². The molecular formula is C21H26F4N5O3S+. The molecule has 34 heavy (non-hydrogen) atoms. The molecule has 3 rings (SSSR count). The zero-order valence-electron chi connectivity index (χ0n) is 18.6. The standard InChI is InChI=1S/C21H25F4N5O3S/c1-12-16(22)18(24)13(19(25)17(12)23)11-33-14-10-15(34(29-14)20(26)31)28-21(32)27-6-2-3-7-30-8-4-5-9-30/h10H,2-9,11H2,1H3,(H3-,26,27,28,29,31,32)/p+1. The minimum atomic E-state index is -1.61. The highest BCUT2D eigenvalue weighted by Crippen LogP contribution is 2.33. The van der Waals surface area contributed by atoms with Gasteiger partial charge in [0.2, 0.25) is 10.7 Å². The van der Waals surface area contributed by atoms with Gasteiger partial charge in [0, 0.05) is 16.5 Å². The van der Waals surface area contributed by atoms with Gasteiger partial charge in [0.1, 0.15) is 6.61 Å². The second-order valence-corrected chi connectivity index (χ2v) is 9.42. The number of amides is 3. The topological polar surface area (TPSA) is 110 Å². The summed E-state index contributed by atoms with van der Waals surface area (Å²) in [6.45, 7) is 3.62. The number of benzene rings is 1. The molecule has 2 aromatic rings. The maximum absolute atomic E-state index is 14.0. The highest BCUT2D eigenvalue weighted by atomic mass is 32.2. The third-order valence-corrected chi connectivity index (χ3v) is 6.78. The largest absolute Gasteiger partial charge is 0.479 e. The summed E-state index contributed by atoms with van der Waals surface area (Å²) >= 11 is 0. The average molecular weight is 505 g/mol. The number of nitrogens with zero attached hydrogens (tertiary/aromatic N) is 2. The third-order valence-electron chi connectivity index (χ3n) is 5.39. The first-order chi connectivity index (χ1) is 16.2. The maximum atomic E-state index is 14.0. The Bertz CT molecular complexity index is 1030. The Morgan fingerprint density at radius 1 is 1.12 bits per heavy atom. The van der Waals surface area contributed by atoms with Gasteiger partial charge in [-0.15, -0.1) is 0 Å². The van der Waals surface area contributed by atoms with Crippen molar-refractivity contribution in [3.05, 3.63) is 40.5 Å². The summed E-state index contributed by atoms with van der Waals surface area (Å²) in [5, 5.41) is 4.29. The smallest absolute Gasteiger partial charge is 0.469 e. The second-order valence-electron chi connectivity index (χ2n) is 7.83. The normalized spacial score (nSPS) is 14.3. The first kappa shape index (κ1) is 25.7. The summed E-state index contributed by atoms with van der Waals surface area (Å²) in [5.74, 6) is -6.51. The molecule has 0 bridgehead atoms. The highest BCUT2D eigenvalue weighted by molar-refractivity contribution is 7.50. The predicted octanol–water partition coefficient (Wildman–Crippen LogP) is 4.20. The van der Waals surface area contributed by atoms with Crippen LogP contribution >= 0.6 is 10.7 Å². The molecule has 2 heterocycles. The van der Waals surface area contributed by atoms with Gasteiger partial charge in [-0.25, -0.2) is 27.2 Å². The van der Waals surface area contributed by atoms with Crippen molar-refractivity contribution in [3.8, 4) is 5.88 Å². The lowest BCUT2D eigenvalue weighted by Gasteiger charge is -2.13. The van der Waals surface area contributed by atoms with E-state index in [1.807, 2.05) is 0 Å². The van der Waals surface area contributed by atoms with Crippen molar-refractivity contribution in [2.24, 2.45) is 5.73 Å². The SMILES string of the molecule is Cc1c(F)c(F)c(COc2cc(NC(=O)NCCCCN3CCCC3)[s+](C(N)=O)n2)c(F)c1F. The molecule has 186 valence electrons. The van der Waals surface area contributed by atoms with Crippen LogP contribution in [0.2, 0.25) is 0 Å². The summed E-state index contributed by atoms with van der Waals surface area (Å²) in [6.07, 6.45) is 4.14. The van der Waals surface area contributed by atoms with Crippen molar-refractivity contribution in [3.63, 3.8) is 0 Å². The summed E-state index contributed by atoms with van der Waals surface area (Å²) in [7, 11) is -1.61. The maximum Gasteiger partial charge on any atom is 0.479 e. The van der Waals surface area contributed by atoms with Crippen LogP contribution in [0, 0.1) is 30.2 Å². The molecule has 0 saturated carbocycles. The monoisotopic (exact) mass is 504 g/mol. The third kappa shape index (κ3) is 6.14. The molecule has 1 unspecified atom stereocenters. The first-order valence-corrected chi connectivity index (χ1v) is 11.9. The van der Waals surface area contributed by atoms with E-state index in [0.29, 0.717) is 6.54 Å². The number of carbonyl (C=O) groups excluding carboxylic acids is 2. The van der Waals surface area contributed by atoms with Crippen LogP contribution in [0.25, 0.3) is 0 Å². The van der Waals surface area contributed by atoms with E-state index in [4.69, 9.17) is 10.5 Å². The number of ether oxygens (including phenoxy) is 1. The zero-order valence-corrected chi connectivity index (χ0v) is 19.4. The Morgan fingerprint density at radius 3 is 2.38 bits per heavy atom. The van der Waals surface area contributed by atoms with E-state index in [1.165, 1.54) is 12.8 Å². The number of nitrogens with one attached hydrogen (secondary N) is 2. The van der Waals surface area contributed by atoms with Crippen LogP contribution < -0.4 is 21.1 Å². The number of anilines is 1. The van der Waals surface area contributed by atoms with Crippen LogP contribution in [-0.2, 0) is 6.61 Å². The molecule has 1 saturated heterocycles. The van der Waals surface area contributed by atoms with Gasteiger partial charge in [-0.05, 0) is 52.2 Å². The predicted molar refractivity (Wildman–Crippen MR) is 119 cm³/mol. The van der Waals surface area contributed by atoms with Crippen LogP contribution in [0.1, 0.15) is 36.8 Å². The van der Waals surface area contributed by atoms with Crippen LogP contribution in [-0.4, -0.2) is 46.7 Å². The molecule has 1 aliphatic heterocycles. The van der Waals surface area contributed by atoms with Gasteiger partial charge >= 0.3 is 11.3 Å². The van der Waals surface area contributed by atoms with Gasteiger partial charge in [0.15, 0.2) is 23.3 Å². The summed E-state index contributed by atoms with van der Waals surface area (Å²) in [5.41, 5.74) is 3.55. The Labute approximate surface area is 196 Å². The lowest BCUT2D eigenvalue weighted by atomic mass is 10.1. The molecule has 0 spiro atoms. The Morgan fingerprint density at radius 2 is 1.76 bits per heavy atom. The van der Waals surface area contributed by atoms with E-state index >= 15 is 0 Å². The Kier molecular flexibility index (Phi) is 8.67. The van der Waals surface area contributed by atoms with Gasteiger partial charge in [0.05, 0.1) is 11.6 Å². The van der Waals surface area contributed by atoms with Gasteiger partial charge in [0.25, 0.3) is 10.9 Å². The van der Waals surface area contributed by atoms with Gasteiger partial charge < -0.3 is 20.7 Å². The summed E-state index contributed by atoms with van der Waals surface area (Å²) in [4.78, 5) is 26.3. The van der Waals surface area contributed by atoms with Crippen LogP contribution in [0.15, 0.2) is 6.07 Å². The fraction of sp³-hybridized carbons (Fsp3) is 0.476. The number of carbonyl (C=O) groups is 2. The van der Waals surface area contributed by atoms with Crippen LogP contribution in [0.5, 0.6) is 5.88 Å². The zero-order chi connectivity index (χ0) is 24.8. The fourth-order valence-electron chi connectivity index (χ4n) is 3.52. The number of primary amides is 1. The van der Waals surface area contributed by atoms with E-state index in [0.717, 1.165) is 45.5 Å². The van der Waals surface area contributed by atoms with E-state index in [2.05, 4.69) is 19.9 Å². The molecule has 13 heteroatoms. The number of rotatable bonds is 10. The van der Waals surface area contributed by atoms with Crippen molar-refractivity contribution in [1.29, 1.82) is 0 Å². The minimum absolute atomic E-state index is 0.0271. The number of unbranched alkanes of at least 4 members (excludes halogenated alkanes) is 1. The van der Waals surface area contributed by atoms with Crippen LogP contribution in [0.3, 0.4) is 0 Å². The number of urea groups is 1.